The highest BCUT2D eigenvalue weighted by molar-refractivity contribution is 6.05. The van der Waals surface area contributed by atoms with Gasteiger partial charge in [-0.1, -0.05) is 29.8 Å². The van der Waals surface area contributed by atoms with Crippen molar-refractivity contribution in [3.8, 4) is 11.3 Å². The van der Waals surface area contributed by atoms with Crippen LogP contribution in [0.25, 0.3) is 17.4 Å². The first-order chi connectivity index (χ1) is 15.9. The number of non-ortho nitro benzene ring substituents is 1. The Hall–Kier alpha value is -4.24. The van der Waals surface area contributed by atoms with Gasteiger partial charge in [0.2, 0.25) is 0 Å². The Balaban J connectivity index is 1.86. The van der Waals surface area contributed by atoms with E-state index in [1.165, 1.54) is 25.3 Å². The number of ether oxygens (including phenoxy) is 1. The smallest absolute Gasteiger partial charge is 0.270 e. The number of hydrogen-bond donors (Lipinski definition) is 2. The second-order valence-corrected chi connectivity index (χ2v) is 7.14. The Bertz CT molecular complexity index is 1180. The summed E-state index contributed by atoms with van der Waals surface area (Å²) in [7, 11) is 1.51. The number of nitrogens with one attached hydrogen (secondary N) is 2. The van der Waals surface area contributed by atoms with Gasteiger partial charge in [-0.05, 0) is 31.2 Å². The molecule has 3 aromatic rings. The van der Waals surface area contributed by atoms with Gasteiger partial charge in [0, 0.05) is 43.0 Å². The van der Waals surface area contributed by atoms with Crippen LogP contribution >= 0.6 is 0 Å². The van der Waals surface area contributed by atoms with Gasteiger partial charge in [0.1, 0.15) is 17.2 Å². The Morgan fingerprint density at radius 2 is 1.88 bits per heavy atom. The van der Waals surface area contributed by atoms with E-state index in [0.29, 0.717) is 23.5 Å². The molecule has 9 nitrogen and oxygen atoms in total. The van der Waals surface area contributed by atoms with Gasteiger partial charge in [-0.15, -0.1) is 0 Å². The molecule has 1 heterocycles. The molecule has 0 aliphatic rings. The molecule has 0 saturated carbocycles. The van der Waals surface area contributed by atoms with Crippen LogP contribution in [0.2, 0.25) is 0 Å². The highest BCUT2D eigenvalue weighted by Crippen LogP contribution is 2.26. The maximum absolute atomic E-state index is 12.7. The number of benzene rings is 2. The van der Waals surface area contributed by atoms with Gasteiger partial charge in [0.25, 0.3) is 17.5 Å². The van der Waals surface area contributed by atoms with Gasteiger partial charge < -0.3 is 19.8 Å². The molecule has 0 aliphatic heterocycles. The molecular weight excluding hydrogens is 426 g/mol. The van der Waals surface area contributed by atoms with Crippen molar-refractivity contribution in [2.24, 2.45) is 0 Å². The molecule has 0 saturated heterocycles. The number of nitro benzene ring substituents is 1. The molecule has 33 heavy (non-hydrogen) atoms. The van der Waals surface area contributed by atoms with Crippen molar-refractivity contribution < 1.29 is 23.7 Å². The zero-order chi connectivity index (χ0) is 23.8. The van der Waals surface area contributed by atoms with Crippen molar-refractivity contribution in [1.82, 2.24) is 10.6 Å². The van der Waals surface area contributed by atoms with E-state index in [0.717, 1.165) is 5.56 Å². The predicted molar refractivity (Wildman–Crippen MR) is 122 cm³/mol. The van der Waals surface area contributed by atoms with Crippen LogP contribution in [0.4, 0.5) is 5.69 Å². The largest absolute Gasteiger partial charge is 0.457 e. The lowest BCUT2D eigenvalue weighted by molar-refractivity contribution is -0.384. The topological polar surface area (TPSA) is 124 Å². The Labute approximate surface area is 190 Å². The fraction of sp³-hybridized carbons (Fsp3) is 0.167. The summed E-state index contributed by atoms with van der Waals surface area (Å²) >= 11 is 0. The van der Waals surface area contributed by atoms with E-state index in [4.69, 9.17) is 9.15 Å². The fourth-order valence-corrected chi connectivity index (χ4v) is 2.92. The number of carbonyl (C=O) groups excluding carboxylic acids is 2. The number of furan rings is 1. The normalized spacial score (nSPS) is 11.2. The van der Waals surface area contributed by atoms with Crippen molar-refractivity contribution in [2.75, 3.05) is 20.3 Å². The van der Waals surface area contributed by atoms with Crippen molar-refractivity contribution in [2.45, 2.75) is 6.92 Å². The third kappa shape index (κ3) is 6.37. The van der Waals surface area contributed by atoms with E-state index in [1.54, 1.807) is 48.5 Å². The maximum atomic E-state index is 12.7. The maximum Gasteiger partial charge on any atom is 0.270 e. The Morgan fingerprint density at radius 3 is 2.58 bits per heavy atom. The molecule has 0 aliphatic carbocycles. The zero-order valence-corrected chi connectivity index (χ0v) is 18.2. The van der Waals surface area contributed by atoms with Gasteiger partial charge in [0.15, 0.2) is 0 Å². The Kier molecular flexibility index (Phi) is 7.72. The van der Waals surface area contributed by atoms with Crippen LogP contribution < -0.4 is 10.6 Å². The van der Waals surface area contributed by atoms with E-state index >= 15 is 0 Å². The van der Waals surface area contributed by atoms with Crippen LogP contribution in [0.3, 0.4) is 0 Å². The van der Waals surface area contributed by atoms with Crippen LogP contribution in [-0.2, 0) is 9.53 Å². The third-order valence-corrected chi connectivity index (χ3v) is 4.65. The summed E-state index contributed by atoms with van der Waals surface area (Å²) in [4.78, 5) is 35.9. The van der Waals surface area contributed by atoms with Crippen LogP contribution in [0.15, 0.2) is 70.8 Å². The molecule has 9 heteroatoms. The van der Waals surface area contributed by atoms with Gasteiger partial charge in [0.05, 0.1) is 11.5 Å². The van der Waals surface area contributed by atoms with Crippen molar-refractivity contribution in [3.05, 3.63) is 93.4 Å². The number of carbonyl (C=O) groups is 2. The van der Waals surface area contributed by atoms with E-state index in [-0.39, 0.29) is 23.7 Å². The highest BCUT2D eigenvalue weighted by Gasteiger charge is 2.16. The summed E-state index contributed by atoms with van der Waals surface area (Å²) in [6.45, 7) is 2.47. The number of aryl methyl sites for hydroxylation is 1. The van der Waals surface area contributed by atoms with Gasteiger partial charge in [-0.25, -0.2) is 0 Å². The summed E-state index contributed by atoms with van der Waals surface area (Å²) in [5, 5.41) is 16.3. The van der Waals surface area contributed by atoms with Crippen LogP contribution in [0, 0.1) is 17.0 Å². The van der Waals surface area contributed by atoms with Crippen molar-refractivity contribution in [1.29, 1.82) is 0 Å². The third-order valence-electron chi connectivity index (χ3n) is 4.65. The molecule has 2 aromatic carbocycles. The standard InChI is InChI=1S/C24H23N3O6/c1-16-6-8-17(9-7-16)23(28)26-21(24(29)25-12-13-32-2)15-20-10-11-22(33-20)18-4-3-5-19(14-18)27(30)31/h3-11,14-15H,12-13H2,1-2H3,(H,25,29)(H,26,28)/b21-15-. The molecule has 0 radical (unpaired) electrons. The van der Waals surface area contributed by atoms with Crippen LogP contribution in [-0.4, -0.2) is 37.0 Å². The van der Waals surface area contributed by atoms with Crippen molar-refractivity contribution >= 4 is 23.6 Å². The fourth-order valence-electron chi connectivity index (χ4n) is 2.92. The number of nitro groups is 1. The second-order valence-electron chi connectivity index (χ2n) is 7.14. The molecule has 0 fully saturated rings. The van der Waals surface area contributed by atoms with E-state index < -0.39 is 16.7 Å². The molecule has 170 valence electrons. The molecule has 1 aromatic heterocycles. The second kappa shape index (κ2) is 10.9. The van der Waals surface area contributed by atoms with E-state index in [1.807, 2.05) is 6.92 Å². The van der Waals surface area contributed by atoms with Gasteiger partial charge in [-0.2, -0.15) is 0 Å². The number of methoxy groups -OCH3 is 1. The minimum atomic E-state index is -0.513. The molecule has 3 rings (SSSR count). The number of amides is 2. The summed E-state index contributed by atoms with van der Waals surface area (Å²) < 4.78 is 10.7. The summed E-state index contributed by atoms with van der Waals surface area (Å²) in [6, 6.07) is 16.2. The highest BCUT2D eigenvalue weighted by atomic mass is 16.6. The lowest BCUT2D eigenvalue weighted by Crippen LogP contribution is -2.36. The molecule has 0 unspecified atom stereocenters. The predicted octanol–water partition coefficient (Wildman–Crippen LogP) is 3.70. The van der Waals surface area contributed by atoms with Gasteiger partial charge >= 0.3 is 0 Å². The SMILES string of the molecule is COCCNC(=O)/C(=C/c1ccc(-c2cccc([N+](=O)[O-])c2)o1)NC(=O)c1ccc(C)cc1. The number of rotatable bonds is 9. The molecule has 2 N–H and O–H groups in total. The zero-order valence-electron chi connectivity index (χ0n) is 18.2. The summed E-state index contributed by atoms with van der Waals surface area (Å²) in [5.74, 6) is -0.291. The first-order valence-electron chi connectivity index (χ1n) is 10.1. The monoisotopic (exact) mass is 449 g/mol. The lowest BCUT2D eigenvalue weighted by Gasteiger charge is -2.10. The van der Waals surface area contributed by atoms with Crippen LogP contribution in [0.1, 0.15) is 21.7 Å². The Morgan fingerprint density at radius 1 is 1.12 bits per heavy atom. The minimum Gasteiger partial charge on any atom is -0.457 e. The average Bonchev–Trinajstić information content (AvgIpc) is 3.28. The average molecular weight is 449 g/mol. The number of nitrogens with zero attached hydrogens (tertiary/aromatic N) is 1. The van der Waals surface area contributed by atoms with Gasteiger partial charge in [-0.3, -0.25) is 19.7 Å². The summed E-state index contributed by atoms with van der Waals surface area (Å²) in [5.41, 5.74) is 1.83. The van der Waals surface area contributed by atoms with Crippen molar-refractivity contribution in [3.63, 3.8) is 0 Å². The summed E-state index contributed by atoms with van der Waals surface area (Å²) in [6.07, 6.45) is 1.40. The van der Waals surface area contributed by atoms with E-state index in [9.17, 15) is 19.7 Å². The van der Waals surface area contributed by atoms with Crippen LogP contribution in [0.5, 0.6) is 0 Å². The molecule has 0 atom stereocenters. The molecule has 2 amide bonds. The molecular formula is C24H23N3O6. The first kappa shape index (κ1) is 23.4. The molecule has 0 bridgehead atoms. The first-order valence-corrected chi connectivity index (χ1v) is 10.1. The number of hydrogen-bond acceptors (Lipinski definition) is 6. The molecule has 0 spiro atoms. The lowest BCUT2D eigenvalue weighted by atomic mass is 10.1. The minimum absolute atomic E-state index is 0.0170. The quantitative estimate of drug-likeness (QED) is 0.222. The van der Waals surface area contributed by atoms with E-state index in [2.05, 4.69) is 10.6 Å².